The van der Waals surface area contributed by atoms with Crippen molar-refractivity contribution in [3.63, 3.8) is 0 Å². The van der Waals surface area contributed by atoms with E-state index in [1.165, 1.54) is 12.1 Å². The maximum Gasteiger partial charge on any atom is 0.150 e. The number of nitrogens with one attached hydrogen (secondary N) is 1. The number of rotatable bonds is 4. The molecule has 3 rings (SSSR count). The van der Waals surface area contributed by atoms with Gasteiger partial charge in [0.15, 0.2) is 5.82 Å². The van der Waals surface area contributed by atoms with Gasteiger partial charge in [0.1, 0.15) is 11.4 Å². The van der Waals surface area contributed by atoms with Crippen LogP contribution in [0.15, 0.2) is 53.8 Å². The zero-order chi connectivity index (χ0) is 17.5. The lowest BCUT2D eigenvalue weighted by Crippen LogP contribution is -2.01. The first-order chi connectivity index (χ1) is 12.3. The van der Waals surface area contributed by atoms with Gasteiger partial charge in [-0.05, 0) is 30.2 Å². The van der Waals surface area contributed by atoms with E-state index in [4.69, 9.17) is 5.21 Å². The van der Waals surface area contributed by atoms with Crippen molar-refractivity contribution >= 4 is 22.8 Å². The molecule has 0 unspecified atom stereocenters. The highest BCUT2D eigenvalue weighted by Gasteiger charge is 2.02. The third kappa shape index (κ3) is 4.09. The van der Waals surface area contributed by atoms with Gasteiger partial charge in [-0.2, -0.15) is 0 Å². The number of fused-ring (bicyclic) bond motifs is 1. The number of pyridine rings is 2. The van der Waals surface area contributed by atoms with Gasteiger partial charge in [-0.15, -0.1) is 0 Å². The lowest BCUT2D eigenvalue weighted by Gasteiger charge is -2.07. The first-order valence-corrected chi connectivity index (χ1v) is 7.68. The van der Waals surface area contributed by atoms with E-state index in [9.17, 15) is 4.39 Å². The van der Waals surface area contributed by atoms with Crippen molar-refractivity contribution < 1.29 is 9.60 Å². The largest absolute Gasteiger partial charge is 0.411 e. The number of anilines is 1. The van der Waals surface area contributed by atoms with Crippen LogP contribution >= 0.6 is 0 Å². The molecule has 124 valence electrons. The van der Waals surface area contributed by atoms with Gasteiger partial charge in [0.25, 0.3) is 0 Å². The van der Waals surface area contributed by atoms with Gasteiger partial charge < -0.3 is 10.5 Å². The predicted octanol–water partition coefficient (Wildman–Crippen LogP) is 3.43. The molecule has 0 saturated carbocycles. The first-order valence-electron chi connectivity index (χ1n) is 7.68. The first kappa shape index (κ1) is 16.4. The molecular formula is C19H15FN4O. The lowest BCUT2D eigenvalue weighted by molar-refractivity contribution is 0.321. The van der Waals surface area contributed by atoms with Crippen molar-refractivity contribution in [3.05, 3.63) is 65.9 Å². The Bertz CT molecular complexity index is 971. The number of aromatic nitrogens is 2. The Morgan fingerprint density at radius 3 is 2.96 bits per heavy atom. The Morgan fingerprint density at radius 1 is 1.20 bits per heavy atom. The molecule has 25 heavy (non-hydrogen) atoms. The molecule has 0 aliphatic rings. The van der Waals surface area contributed by atoms with Crippen LogP contribution in [-0.4, -0.2) is 27.9 Å². The lowest BCUT2D eigenvalue weighted by atomic mass is 10.2. The van der Waals surface area contributed by atoms with Gasteiger partial charge >= 0.3 is 0 Å². The molecule has 0 bridgehead atoms. The number of halogens is 1. The zero-order valence-corrected chi connectivity index (χ0v) is 13.3. The van der Waals surface area contributed by atoms with E-state index in [2.05, 4.69) is 32.3 Å². The zero-order valence-electron chi connectivity index (χ0n) is 13.3. The van der Waals surface area contributed by atoms with Crippen LogP contribution in [0.4, 0.5) is 10.1 Å². The van der Waals surface area contributed by atoms with Crippen molar-refractivity contribution in [3.8, 4) is 11.8 Å². The topological polar surface area (TPSA) is 70.4 Å². The molecule has 3 aromatic rings. The predicted molar refractivity (Wildman–Crippen MR) is 95.3 cm³/mol. The Balaban J connectivity index is 1.62. The number of hydrogen-bond donors (Lipinski definition) is 2. The fourth-order valence-corrected chi connectivity index (χ4v) is 2.34. The second-order valence-corrected chi connectivity index (χ2v) is 5.16. The molecule has 1 aromatic carbocycles. The summed E-state index contributed by atoms with van der Waals surface area (Å²) in [5, 5.41) is 15.7. The highest BCUT2D eigenvalue weighted by molar-refractivity contribution is 5.90. The molecule has 2 heterocycles. The molecular weight excluding hydrogens is 319 g/mol. The third-order valence-corrected chi connectivity index (χ3v) is 3.48. The molecule has 2 N–H and O–H groups in total. The van der Waals surface area contributed by atoms with E-state index in [0.29, 0.717) is 18.7 Å². The summed E-state index contributed by atoms with van der Waals surface area (Å²) in [5.74, 6) is 5.30. The SMILES string of the molecule is O/N=C/c1nc(C#CCCNc2ccnc3ccccc23)ccc1F. The number of para-hydroxylation sites is 1. The molecule has 0 amide bonds. The van der Waals surface area contributed by atoms with Crippen molar-refractivity contribution in [2.24, 2.45) is 5.16 Å². The van der Waals surface area contributed by atoms with Crippen LogP contribution in [0.2, 0.25) is 0 Å². The second-order valence-electron chi connectivity index (χ2n) is 5.16. The molecule has 6 heteroatoms. The molecule has 0 fully saturated rings. The third-order valence-electron chi connectivity index (χ3n) is 3.48. The summed E-state index contributed by atoms with van der Waals surface area (Å²) in [5.41, 5.74) is 2.32. The number of benzene rings is 1. The van der Waals surface area contributed by atoms with Gasteiger partial charge in [-0.25, -0.2) is 9.37 Å². The van der Waals surface area contributed by atoms with E-state index in [1.807, 2.05) is 30.3 Å². The molecule has 0 atom stereocenters. The van der Waals surface area contributed by atoms with Crippen molar-refractivity contribution in [1.82, 2.24) is 9.97 Å². The van der Waals surface area contributed by atoms with E-state index in [0.717, 1.165) is 22.8 Å². The van der Waals surface area contributed by atoms with Crippen LogP contribution in [0.5, 0.6) is 0 Å². The van der Waals surface area contributed by atoms with E-state index in [-0.39, 0.29) is 5.69 Å². The standard InChI is InChI=1S/C19H15FN4O/c20-16-9-8-14(24-19(16)13-23-25)5-3-4-11-21-18-10-12-22-17-7-2-1-6-15(17)18/h1-2,6-10,12-13,25H,4,11H2,(H,21,22)/b23-13+. The maximum absolute atomic E-state index is 13.4. The van der Waals surface area contributed by atoms with Crippen molar-refractivity contribution in [2.45, 2.75) is 6.42 Å². The molecule has 2 aromatic heterocycles. The quantitative estimate of drug-likeness (QED) is 0.252. The number of oxime groups is 1. The summed E-state index contributed by atoms with van der Waals surface area (Å²) >= 11 is 0. The monoisotopic (exact) mass is 334 g/mol. The van der Waals surface area contributed by atoms with E-state index < -0.39 is 5.82 Å². The summed E-state index contributed by atoms with van der Waals surface area (Å²) < 4.78 is 13.4. The Kier molecular flexibility index (Phi) is 5.17. The van der Waals surface area contributed by atoms with E-state index >= 15 is 0 Å². The fraction of sp³-hybridized carbons (Fsp3) is 0.105. The second kappa shape index (κ2) is 7.88. The van der Waals surface area contributed by atoms with Gasteiger partial charge in [0.2, 0.25) is 0 Å². The molecule has 0 radical (unpaired) electrons. The van der Waals surface area contributed by atoms with E-state index in [1.54, 1.807) is 6.20 Å². The maximum atomic E-state index is 13.4. The number of hydrogen-bond acceptors (Lipinski definition) is 5. The molecule has 0 aliphatic carbocycles. The van der Waals surface area contributed by atoms with Gasteiger partial charge in [-0.1, -0.05) is 29.3 Å². The Labute approximate surface area is 144 Å². The van der Waals surface area contributed by atoms with Crippen LogP contribution in [-0.2, 0) is 0 Å². The molecule has 0 saturated heterocycles. The number of nitrogens with zero attached hydrogens (tertiary/aromatic N) is 3. The summed E-state index contributed by atoms with van der Waals surface area (Å²) in [6, 6.07) is 12.6. The Morgan fingerprint density at radius 2 is 2.08 bits per heavy atom. The average molecular weight is 334 g/mol. The molecule has 0 aliphatic heterocycles. The van der Waals surface area contributed by atoms with Crippen LogP contribution in [0.3, 0.4) is 0 Å². The highest BCUT2D eigenvalue weighted by Crippen LogP contribution is 2.20. The summed E-state index contributed by atoms with van der Waals surface area (Å²) in [6.45, 7) is 0.660. The summed E-state index contributed by atoms with van der Waals surface area (Å²) in [7, 11) is 0. The molecule has 0 spiro atoms. The smallest absolute Gasteiger partial charge is 0.150 e. The Hall–Kier alpha value is -3.46. The van der Waals surface area contributed by atoms with Crippen molar-refractivity contribution in [2.75, 3.05) is 11.9 Å². The summed E-state index contributed by atoms with van der Waals surface area (Å²) in [4.78, 5) is 8.29. The molecule has 5 nitrogen and oxygen atoms in total. The van der Waals surface area contributed by atoms with Gasteiger partial charge in [0.05, 0.1) is 11.7 Å². The normalized spacial score (nSPS) is 10.6. The van der Waals surface area contributed by atoms with Crippen LogP contribution < -0.4 is 5.32 Å². The summed E-state index contributed by atoms with van der Waals surface area (Å²) in [6.07, 6.45) is 3.30. The minimum absolute atomic E-state index is 0.0457. The minimum Gasteiger partial charge on any atom is -0.411 e. The van der Waals surface area contributed by atoms with Gasteiger partial charge in [0, 0.05) is 30.2 Å². The highest BCUT2D eigenvalue weighted by atomic mass is 19.1. The average Bonchev–Trinajstić information content (AvgIpc) is 2.64. The fourth-order valence-electron chi connectivity index (χ4n) is 2.34. The van der Waals surface area contributed by atoms with Crippen LogP contribution in [0, 0.1) is 17.7 Å². The van der Waals surface area contributed by atoms with Crippen LogP contribution in [0.1, 0.15) is 17.8 Å². The minimum atomic E-state index is -0.561. The van der Waals surface area contributed by atoms with Crippen LogP contribution in [0.25, 0.3) is 10.9 Å². The van der Waals surface area contributed by atoms with Crippen molar-refractivity contribution in [1.29, 1.82) is 0 Å². The van der Waals surface area contributed by atoms with Gasteiger partial charge in [-0.3, -0.25) is 4.98 Å².